The lowest BCUT2D eigenvalue weighted by Crippen LogP contribution is -2.43. The Labute approximate surface area is 88.7 Å². The zero-order chi connectivity index (χ0) is 10.8. The molecule has 3 heteroatoms. The predicted octanol–water partition coefficient (Wildman–Crippen LogP) is 2.32. The third-order valence-electron chi connectivity index (χ3n) is 2.88. The van der Waals surface area contributed by atoms with E-state index < -0.39 is 6.67 Å². The Hall–Kier alpha value is -1.38. The highest BCUT2D eigenvalue weighted by molar-refractivity contribution is 5.93. The summed E-state index contributed by atoms with van der Waals surface area (Å²) < 4.78 is 12.8. The van der Waals surface area contributed by atoms with Crippen molar-refractivity contribution in [3.63, 3.8) is 0 Å². The lowest BCUT2D eigenvalue weighted by atomic mass is 9.96. The molecule has 0 saturated carbocycles. The second-order valence-electron chi connectivity index (χ2n) is 3.86. The minimum absolute atomic E-state index is 0.0789. The first-order valence-corrected chi connectivity index (χ1v) is 5.17. The van der Waals surface area contributed by atoms with Crippen molar-refractivity contribution in [3.8, 4) is 0 Å². The summed E-state index contributed by atoms with van der Waals surface area (Å²) in [4.78, 5) is 13.1. The van der Waals surface area contributed by atoms with Crippen LogP contribution in [-0.4, -0.2) is 18.6 Å². The summed E-state index contributed by atoms with van der Waals surface area (Å²) in [7, 11) is 0. The molecule has 0 spiro atoms. The van der Waals surface area contributed by atoms with Gasteiger partial charge in [0.25, 0.3) is 0 Å². The monoisotopic (exact) mass is 207 g/mol. The second-order valence-corrected chi connectivity index (χ2v) is 3.86. The molecule has 0 fully saturated rings. The van der Waals surface area contributed by atoms with Crippen LogP contribution in [0.2, 0.25) is 0 Å². The molecule has 0 N–H and O–H groups in total. The summed E-state index contributed by atoms with van der Waals surface area (Å²) in [6.07, 6.45) is 1.57. The number of halogens is 1. The number of anilines is 1. The van der Waals surface area contributed by atoms with E-state index >= 15 is 0 Å². The van der Waals surface area contributed by atoms with Crippen molar-refractivity contribution in [2.24, 2.45) is 0 Å². The van der Waals surface area contributed by atoms with Gasteiger partial charge < -0.3 is 4.90 Å². The molecule has 0 aromatic heterocycles. The lowest BCUT2D eigenvalue weighted by molar-refractivity contribution is -0.117. The van der Waals surface area contributed by atoms with Gasteiger partial charge in [-0.25, -0.2) is 4.39 Å². The number of carbonyl (C=O) groups is 1. The van der Waals surface area contributed by atoms with Gasteiger partial charge in [-0.1, -0.05) is 18.2 Å². The maximum absolute atomic E-state index is 12.8. The lowest BCUT2D eigenvalue weighted by Gasteiger charge is -2.35. The van der Waals surface area contributed by atoms with Gasteiger partial charge in [-0.3, -0.25) is 4.79 Å². The van der Waals surface area contributed by atoms with Crippen LogP contribution in [0.4, 0.5) is 10.1 Å². The van der Waals surface area contributed by atoms with Gasteiger partial charge in [-0.2, -0.15) is 0 Å². The van der Waals surface area contributed by atoms with Crippen molar-refractivity contribution in [2.75, 3.05) is 11.6 Å². The van der Waals surface area contributed by atoms with Crippen LogP contribution in [0, 0.1) is 0 Å². The molecule has 80 valence electrons. The van der Waals surface area contributed by atoms with Crippen LogP contribution in [0.1, 0.15) is 18.9 Å². The van der Waals surface area contributed by atoms with Gasteiger partial charge in [-0.15, -0.1) is 0 Å². The summed E-state index contributed by atoms with van der Waals surface area (Å²) >= 11 is 0. The van der Waals surface area contributed by atoms with E-state index in [0.29, 0.717) is 6.42 Å². The fraction of sp³-hybridized carbons (Fsp3) is 0.417. The van der Waals surface area contributed by atoms with Crippen LogP contribution < -0.4 is 4.90 Å². The number of hydrogen-bond donors (Lipinski definition) is 0. The number of amides is 1. The van der Waals surface area contributed by atoms with Gasteiger partial charge in [0.1, 0.15) is 6.67 Å². The molecule has 0 aliphatic carbocycles. The van der Waals surface area contributed by atoms with Crippen molar-refractivity contribution >= 4 is 11.6 Å². The summed E-state index contributed by atoms with van der Waals surface area (Å²) in [6, 6.07) is 7.44. The molecule has 2 nitrogen and oxygen atoms in total. The van der Waals surface area contributed by atoms with Gasteiger partial charge in [0, 0.05) is 12.6 Å². The van der Waals surface area contributed by atoms with Crippen LogP contribution in [0.3, 0.4) is 0 Å². The van der Waals surface area contributed by atoms with E-state index in [1.807, 2.05) is 24.3 Å². The molecular weight excluding hydrogens is 193 g/mol. The first kappa shape index (κ1) is 10.1. The van der Waals surface area contributed by atoms with E-state index in [1.165, 1.54) is 6.92 Å². The van der Waals surface area contributed by atoms with Crippen molar-refractivity contribution < 1.29 is 9.18 Å². The molecule has 0 bridgehead atoms. The number of fused-ring (bicyclic) bond motifs is 1. The molecule has 1 aliphatic heterocycles. The zero-order valence-corrected chi connectivity index (χ0v) is 8.74. The standard InChI is InChI=1S/C12H14FNO/c1-9(15)14-11(8-13)7-6-10-4-2-3-5-12(10)14/h2-5,11H,6-8H2,1H3. The number of benzene rings is 1. The molecule has 1 atom stereocenters. The van der Waals surface area contributed by atoms with E-state index in [9.17, 15) is 9.18 Å². The highest BCUT2D eigenvalue weighted by Gasteiger charge is 2.28. The predicted molar refractivity (Wildman–Crippen MR) is 57.7 cm³/mol. The Kier molecular flexibility index (Phi) is 2.71. The van der Waals surface area contributed by atoms with E-state index in [2.05, 4.69) is 0 Å². The zero-order valence-electron chi connectivity index (χ0n) is 8.74. The minimum Gasteiger partial charge on any atom is -0.307 e. The molecule has 15 heavy (non-hydrogen) atoms. The molecule has 0 saturated heterocycles. The van der Waals surface area contributed by atoms with E-state index in [4.69, 9.17) is 0 Å². The maximum atomic E-state index is 12.8. The van der Waals surface area contributed by atoms with Gasteiger partial charge in [-0.05, 0) is 24.5 Å². The van der Waals surface area contributed by atoms with Crippen molar-refractivity contribution in [1.82, 2.24) is 0 Å². The summed E-state index contributed by atoms with van der Waals surface area (Å²) in [5.74, 6) is -0.0789. The number of hydrogen-bond acceptors (Lipinski definition) is 1. The fourth-order valence-corrected chi connectivity index (χ4v) is 2.18. The quantitative estimate of drug-likeness (QED) is 0.692. The normalized spacial score (nSPS) is 19.9. The molecule has 1 amide bonds. The van der Waals surface area contributed by atoms with Crippen LogP contribution >= 0.6 is 0 Å². The Morgan fingerprint density at radius 3 is 2.93 bits per heavy atom. The first-order valence-electron chi connectivity index (χ1n) is 5.17. The van der Waals surface area contributed by atoms with Gasteiger partial charge in [0.05, 0.1) is 6.04 Å². The number of para-hydroxylation sites is 1. The third kappa shape index (κ3) is 1.74. The number of rotatable bonds is 1. The molecule has 1 aromatic carbocycles. The first-order chi connectivity index (χ1) is 7.24. The van der Waals surface area contributed by atoms with Crippen LogP contribution in [0.5, 0.6) is 0 Å². The maximum Gasteiger partial charge on any atom is 0.224 e. The molecule has 2 rings (SSSR count). The smallest absolute Gasteiger partial charge is 0.224 e. The minimum atomic E-state index is -0.464. The number of alkyl halides is 1. The summed E-state index contributed by atoms with van der Waals surface area (Å²) in [5, 5.41) is 0. The van der Waals surface area contributed by atoms with Crippen LogP contribution in [0.25, 0.3) is 0 Å². The van der Waals surface area contributed by atoms with E-state index in [-0.39, 0.29) is 11.9 Å². The van der Waals surface area contributed by atoms with E-state index in [1.54, 1.807) is 4.90 Å². The molecule has 0 radical (unpaired) electrons. The Morgan fingerprint density at radius 1 is 1.53 bits per heavy atom. The highest BCUT2D eigenvalue weighted by Crippen LogP contribution is 2.30. The van der Waals surface area contributed by atoms with Crippen molar-refractivity contribution in [2.45, 2.75) is 25.8 Å². The third-order valence-corrected chi connectivity index (χ3v) is 2.88. The largest absolute Gasteiger partial charge is 0.307 e. The fourth-order valence-electron chi connectivity index (χ4n) is 2.18. The van der Waals surface area contributed by atoms with Gasteiger partial charge in [0.2, 0.25) is 5.91 Å². The average molecular weight is 207 g/mol. The molecule has 1 unspecified atom stereocenters. The Morgan fingerprint density at radius 2 is 2.27 bits per heavy atom. The number of nitrogens with zero attached hydrogens (tertiary/aromatic N) is 1. The molecule has 1 heterocycles. The Balaban J connectivity index is 2.43. The Bertz CT molecular complexity index is 378. The second kappa shape index (κ2) is 4.01. The highest BCUT2D eigenvalue weighted by atomic mass is 19.1. The topological polar surface area (TPSA) is 20.3 Å². The van der Waals surface area contributed by atoms with Gasteiger partial charge in [0.15, 0.2) is 0 Å². The summed E-state index contributed by atoms with van der Waals surface area (Å²) in [5.41, 5.74) is 2.01. The summed E-state index contributed by atoms with van der Waals surface area (Å²) in [6.45, 7) is 1.03. The number of carbonyl (C=O) groups excluding carboxylic acids is 1. The molecule has 1 aromatic rings. The molecular formula is C12H14FNO. The SMILES string of the molecule is CC(=O)N1c2ccccc2CCC1CF. The average Bonchev–Trinajstić information content (AvgIpc) is 2.27. The van der Waals surface area contributed by atoms with Gasteiger partial charge >= 0.3 is 0 Å². The van der Waals surface area contributed by atoms with Crippen LogP contribution in [-0.2, 0) is 11.2 Å². The number of aryl methyl sites for hydroxylation is 1. The van der Waals surface area contributed by atoms with Crippen molar-refractivity contribution in [1.29, 1.82) is 0 Å². The van der Waals surface area contributed by atoms with Crippen LogP contribution in [0.15, 0.2) is 24.3 Å². The van der Waals surface area contributed by atoms with E-state index in [0.717, 1.165) is 17.7 Å². The van der Waals surface area contributed by atoms with Crippen molar-refractivity contribution in [3.05, 3.63) is 29.8 Å². The molecule has 1 aliphatic rings.